The van der Waals surface area contributed by atoms with Crippen LogP contribution in [0.2, 0.25) is 0 Å². The van der Waals surface area contributed by atoms with Crippen LogP contribution >= 0.6 is 0 Å². The van der Waals surface area contributed by atoms with E-state index < -0.39 is 0 Å². The van der Waals surface area contributed by atoms with Crippen LogP contribution in [0, 0.1) is 0 Å². The van der Waals surface area contributed by atoms with E-state index in [1.54, 1.807) is 36.7 Å². The largest absolute Gasteiger partial charge is 0.396 e. The molecular weight excluding hydrogens is 442 g/mol. The number of para-hydroxylation sites is 1. The van der Waals surface area contributed by atoms with Gasteiger partial charge in [-0.1, -0.05) is 18.2 Å². The highest BCUT2D eigenvalue weighted by Crippen LogP contribution is 2.23. The summed E-state index contributed by atoms with van der Waals surface area (Å²) in [5, 5.41) is 20.4. The second kappa shape index (κ2) is 10.00. The molecule has 10 nitrogen and oxygen atoms in total. The molecule has 4 aromatic rings. The number of hydrazine groups is 1. The molecule has 1 atom stereocenters. The molecule has 5 rings (SSSR count). The van der Waals surface area contributed by atoms with Gasteiger partial charge in [0.2, 0.25) is 0 Å². The van der Waals surface area contributed by atoms with Crippen LogP contribution in [0.1, 0.15) is 41.4 Å². The number of nitrogens with one attached hydrogen (secondary N) is 3. The van der Waals surface area contributed by atoms with Crippen molar-refractivity contribution in [1.29, 1.82) is 0 Å². The van der Waals surface area contributed by atoms with Crippen LogP contribution in [0.25, 0.3) is 16.6 Å². The Kier molecular flexibility index (Phi) is 6.47. The van der Waals surface area contributed by atoms with Crippen molar-refractivity contribution in [3.05, 3.63) is 78.4 Å². The fourth-order valence-electron chi connectivity index (χ4n) is 4.32. The van der Waals surface area contributed by atoms with Crippen LogP contribution in [0.3, 0.4) is 0 Å². The molecular formula is C25H29N9O. The lowest BCUT2D eigenvalue weighted by Crippen LogP contribution is -2.25. The maximum Gasteiger partial charge on any atom is 0.255 e. The standard InChI is InChI=1S/C25H29N9O/c26-22(24-21-5-1-2-6-23(21)31-32-24)16-33(27)19-9-7-17(8-10-19)25(35)30-18-14-29-34(15-18)20-4-3-12-28-13-11-20/h1-2,5-10,14-16,20,28H,3-4,11-13,26-27H2,(H,30,35)(H,31,32)/b22-16-. The van der Waals surface area contributed by atoms with Crippen LogP contribution in [-0.2, 0) is 0 Å². The highest BCUT2D eigenvalue weighted by Gasteiger charge is 2.16. The number of rotatable bonds is 6. The quantitative estimate of drug-likeness (QED) is 0.215. The molecule has 2 aromatic carbocycles. The van der Waals surface area contributed by atoms with E-state index in [9.17, 15) is 4.79 Å². The lowest BCUT2D eigenvalue weighted by molar-refractivity contribution is 0.102. The second-order valence-corrected chi connectivity index (χ2v) is 8.65. The molecule has 3 heterocycles. The number of carbonyl (C=O) groups excluding carboxylic acids is 1. The smallest absolute Gasteiger partial charge is 0.255 e. The Morgan fingerprint density at radius 1 is 1.14 bits per heavy atom. The van der Waals surface area contributed by atoms with Gasteiger partial charge >= 0.3 is 0 Å². The first-order valence-corrected chi connectivity index (χ1v) is 11.7. The fourth-order valence-corrected chi connectivity index (χ4v) is 4.32. The van der Waals surface area contributed by atoms with Gasteiger partial charge in [0.05, 0.1) is 34.8 Å². The summed E-state index contributed by atoms with van der Waals surface area (Å²) in [6.07, 6.45) is 8.43. The van der Waals surface area contributed by atoms with E-state index in [4.69, 9.17) is 11.6 Å². The summed E-state index contributed by atoms with van der Waals surface area (Å²) in [7, 11) is 0. The minimum Gasteiger partial charge on any atom is -0.396 e. The fraction of sp³-hybridized carbons (Fsp3) is 0.240. The van der Waals surface area contributed by atoms with Gasteiger partial charge in [0.25, 0.3) is 5.91 Å². The number of amides is 1. The van der Waals surface area contributed by atoms with Crippen molar-refractivity contribution in [3.63, 3.8) is 0 Å². The summed E-state index contributed by atoms with van der Waals surface area (Å²) in [5.74, 6) is 6.00. The minimum absolute atomic E-state index is 0.208. The first kappa shape index (κ1) is 22.6. The van der Waals surface area contributed by atoms with Gasteiger partial charge in [0, 0.05) is 23.3 Å². The number of carbonyl (C=O) groups is 1. The van der Waals surface area contributed by atoms with E-state index in [1.807, 2.05) is 35.1 Å². The number of fused-ring (bicyclic) bond motifs is 1. The molecule has 180 valence electrons. The van der Waals surface area contributed by atoms with Crippen LogP contribution in [0.15, 0.2) is 67.1 Å². The van der Waals surface area contributed by atoms with Gasteiger partial charge in [0.1, 0.15) is 5.69 Å². The van der Waals surface area contributed by atoms with Crippen molar-refractivity contribution in [2.75, 3.05) is 23.4 Å². The zero-order valence-corrected chi connectivity index (χ0v) is 19.3. The molecule has 1 aliphatic heterocycles. The summed E-state index contributed by atoms with van der Waals surface area (Å²) in [6.45, 7) is 2.02. The zero-order chi connectivity index (χ0) is 24.2. The van der Waals surface area contributed by atoms with Gasteiger partial charge in [0.15, 0.2) is 0 Å². The van der Waals surface area contributed by atoms with Crippen molar-refractivity contribution >= 4 is 33.9 Å². The van der Waals surface area contributed by atoms with Gasteiger partial charge in [-0.15, -0.1) is 0 Å². The number of benzene rings is 2. The monoisotopic (exact) mass is 471 g/mol. The van der Waals surface area contributed by atoms with Crippen molar-refractivity contribution < 1.29 is 4.79 Å². The third kappa shape index (κ3) is 5.03. The normalized spacial score (nSPS) is 16.7. The average Bonchev–Trinajstić information content (AvgIpc) is 3.43. The molecule has 35 heavy (non-hydrogen) atoms. The minimum atomic E-state index is -0.208. The van der Waals surface area contributed by atoms with Crippen LogP contribution in [-0.4, -0.2) is 39.0 Å². The Balaban J connectivity index is 1.24. The van der Waals surface area contributed by atoms with Crippen LogP contribution in [0.4, 0.5) is 11.4 Å². The van der Waals surface area contributed by atoms with Gasteiger partial charge in [-0.3, -0.25) is 19.6 Å². The number of hydrogen-bond acceptors (Lipinski definition) is 7. The molecule has 2 aromatic heterocycles. The molecule has 1 aliphatic rings. The summed E-state index contributed by atoms with van der Waals surface area (Å²) < 4.78 is 1.96. The molecule has 1 saturated heterocycles. The van der Waals surface area contributed by atoms with Crippen molar-refractivity contribution in [2.24, 2.45) is 11.6 Å². The molecule has 1 unspecified atom stereocenters. The average molecular weight is 472 g/mol. The van der Waals surface area contributed by atoms with Gasteiger partial charge in [-0.25, -0.2) is 5.84 Å². The van der Waals surface area contributed by atoms with Crippen LogP contribution in [0.5, 0.6) is 0 Å². The molecule has 10 heteroatoms. The second-order valence-electron chi connectivity index (χ2n) is 8.65. The Morgan fingerprint density at radius 3 is 2.83 bits per heavy atom. The van der Waals surface area contributed by atoms with Crippen LogP contribution < -0.4 is 27.2 Å². The Labute approximate surface area is 202 Å². The summed E-state index contributed by atoms with van der Waals surface area (Å²) in [6, 6.07) is 15.1. The van der Waals surface area contributed by atoms with Crippen molar-refractivity contribution in [3.8, 4) is 0 Å². The number of nitrogens with two attached hydrogens (primary N) is 2. The zero-order valence-electron chi connectivity index (χ0n) is 19.3. The van der Waals surface area contributed by atoms with E-state index in [2.05, 4.69) is 25.9 Å². The van der Waals surface area contributed by atoms with E-state index >= 15 is 0 Å². The predicted octanol–water partition coefficient (Wildman–Crippen LogP) is 2.96. The molecule has 0 spiro atoms. The SMILES string of the molecule is N/C(=C\N(N)c1ccc(C(=O)Nc2cnn(C3CCCNCC3)c2)cc1)c1n[nH]c2ccccc12. The Bertz CT molecular complexity index is 1330. The van der Waals surface area contributed by atoms with Crippen molar-refractivity contribution in [2.45, 2.75) is 25.3 Å². The first-order valence-electron chi connectivity index (χ1n) is 11.7. The molecule has 1 amide bonds. The molecule has 0 radical (unpaired) electrons. The van der Waals surface area contributed by atoms with Gasteiger partial charge < -0.3 is 16.4 Å². The molecule has 0 bridgehead atoms. The third-order valence-electron chi connectivity index (χ3n) is 6.23. The maximum atomic E-state index is 12.7. The van der Waals surface area contributed by atoms with Gasteiger partial charge in [-0.05, 0) is 62.7 Å². The predicted molar refractivity (Wildman–Crippen MR) is 137 cm³/mol. The van der Waals surface area contributed by atoms with E-state index in [-0.39, 0.29) is 5.91 Å². The molecule has 1 fully saturated rings. The summed E-state index contributed by atoms with van der Waals surface area (Å²) in [5.41, 5.74) is 10.1. The number of hydrogen-bond donors (Lipinski definition) is 5. The molecule has 7 N–H and O–H groups in total. The number of anilines is 2. The Hall–Kier alpha value is -4.15. The van der Waals surface area contributed by atoms with Gasteiger partial charge in [-0.2, -0.15) is 10.2 Å². The number of nitrogens with zero attached hydrogens (tertiary/aromatic N) is 4. The Morgan fingerprint density at radius 2 is 1.97 bits per heavy atom. The van der Waals surface area contributed by atoms with E-state index in [0.717, 1.165) is 43.3 Å². The summed E-state index contributed by atoms with van der Waals surface area (Å²) in [4.78, 5) is 12.7. The third-order valence-corrected chi connectivity index (χ3v) is 6.23. The lowest BCUT2D eigenvalue weighted by Gasteiger charge is -2.15. The number of H-pyrrole nitrogens is 1. The lowest BCUT2D eigenvalue weighted by atomic mass is 10.1. The molecule has 0 aliphatic carbocycles. The number of aromatic amines is 1. The highest BCUT2D eigenvalue weighted by molar-refractivity contribution is 6.04. The first-order chi connectivity index (χ1) is 17.1. The number of aromatic nitrogens is 4. The van der Waals surface area contributed by atoms with Crippen molar-refractivity contribution in [1.82, 2.24) is 25.3 Å². The topological polar surface area (TPSA) is 143 Å². The maximum absolute atomic E-state index is 12.7. The molecule has 0 saturated carbocycles. The summed E-state index contributed by atoms with van der Waals surface area (Å²) >= 11 is 0. The van der Waals surface area contributed by atoms with E-state index in [0.29, 0.717) is 34.4 Å². The van der Waals surface area contributed by atoms with E-state index in [1.165, 1.54) is 5.01 Å². The highest BCUT2D eigenvalue weighted by atomic mass is 16.1.